The van der Waals surface area contributed by atoms with Crippen LogP contribution in [-0.4, -0.2) is 6.09 Å². The SMILES string of the molecule is CC(NC(=O)OC(C)c1ccccc1)c1ccccc1. The van der Waals surface area contributed by atoms with Crippen LogP contribution in [0, 0.1) is 0 Å². The summed E-state index contributed by atoms with van der Waals surface area (Å²) >= 11 is 0. The van der Waals surface area contributed by atoms with Crippen LogP contribution in [0.3, 0.4) is 0 Å². The molecule has 0 heterocycles. The number of amides is 1. The van der Waals surface area contributed by atoms with E-state index in [1.165, 1.54) is 0 Å². The van der Waals surface area contributed by atoms with E-state index in [1.807, 2.05) is 74.5 Å². The summed E-state index contributed by atoms with van der Waals surface area (Å²) in [7, 11) is 0. The van der Waals surface area contributed by atoms with E-state index in [1.54, 1.807) is 0 Å². The van der Waals surface area contributed by atoms with Crippen LogP contribution in [0.4, 0.5) is 4.79 Å². The Labute approximate surface area is 119 Å². The molecule has 2 atom stereocenters. The molecular formula is C17H19NO2. The second kappa shape index (κ2) is 6.75. The monoisotopic (exact) mass is 269 g/mol. The first-order chi connectivity index (χ1) is 9.66. The molecule has 2 aromatic rings. The summed E-state index contributed by atoms with van der Waals surface area (Å²) in [6.45, 7) is 3.80. The van der Waals surface area contributed by atoms with Crippen LogP contribution >= 0.6 is 0 Å². The lowest BCUT2D eigenvalue weighted by Crippen LogP contribution is -2.28. The summed E-state index contributed by atoms with van der Waals surface area (Å²) in [6, 6.07) is 19.4. The number of ether oxygens (including phenoxy) is 1. The molecule has 3 nitrogen and oxygen atoms in total. The summed E-state index contributed by atoms with van der Waals surface area (Å²) in [6.07, 6.45) is -0.670. The summed E-state index contributed by atoms with van der Waals surface area (Å²) in [5.74, 6) is 0. The highest BCUT2D eigenvalue weighted by Crippen LogP contribution is 2.17. The molecule has 0 aliphatic rings. The van der Waals surface area contributed by atoms with Crippen molar-refractivity contribution in [3.63, 3.8) is 0 Å². The Balaban J connectivity index is 1.90. The molecule has 2 unspecified atom stereocenters. The minimum atomic E-state index is -0.405. The van der Waals surface area contributed by atoms with Crippen LogP contribution in [0.2, 0.25) is 0 Å². The molecule has 0 spiro atoms. The van der Waals surface area contributed by atoms with E-state index in [4.69, 9.17) is 4.74 Å². The minimum absolute atomic E-state index is 0.0772. The molecule has 0 bridgehead atoms. The zero-order chi connectivity index (χ0) is 14.4. The lowest BCUT2D eigenvalue weighted by Gasteiger charge is -2.18. The Bertz CT molecular complexity index is 490. The molecule has 0 aliphatic heterocycles. The molecule has 1 N–H and O–H groups in total. The van der Waals surface area contributed by atoms with Gasteiger partial charge in [0.2, 0.25) is 0 Å². The Kier molecular flexibility index (Phi) is 4.77. The fourth-order valence-electron chi connectivity index (χ4n) is 1.99. The lowest BCUT2D eigenvalue weighted by molar-refractivity contribution is 0.104. The highest BCUT2D eigenvalue weighted by molar-refractivity contribution is 5.68. The zero-order valence-corrected chi connectivity index (χ0v) is 11.7. The van der Waals surface area contributed by atoms with Crippen LogP contribution in [-0.2, 0) is 4.74 Å². The molecule has 0 radical (unpaired) electrons. The van der Waals surface area contributed by atoms with Gasteiger partial charge in [0.25, 0.3) is 0 Å². The van der Waals surface area contributed by atoms with Gasteiger partial charge in [0.05, 0.1) is 6.04 Å². The maximum atomic E-state index is 11.9. The first-order valence-corrected chi connectivity index (χ1v) is 6.74. The summed E-state index contributed by atoms with van der Waals surface area (Å²) in [5, 5.41) is 2.84. The van der Waals surface area contributed by atoms with Gasteiger partial charge in [0.1, 0.15) is 6.10 Å². The molecule has 0 aliphatic carbocycles. The number of rotatable bonds is 4. The number of hydrogen-bond acceptors (Lipinski definition) is 2. The maximum Gasteiger partial charge on any atom is 0.408 e. The van der Waals surface area contributed by atoms with Gasteiger partial charge >= 0.3 is 6.09 Å². The summed E-state index contributed by atoms with van der Waals surface area (Å²) in [4.78, 5) is 11.9. The van der Waals surface area contributed by atoms with E-state index in [9.17, 15) is 4.79 Å². The number of hydrogen-bond donors (Lipinski definition) is 1. The van der Waals surface area contributed by atoms with Gasteiger partial charge < -0.3 is 10.1 Å². The summed E-state index contributed by atoms with van der Waals surface area (Å²) < 4.78 is 5.38. The second-order valence-corrected chi connectivity index (χ2v) is 4.73. The van der Waals surface area contributed by atoms with Gasteiger partial charge in [-0.2, -0.15) is 0 Å². The van der Waals surface area contributed by atoms with Crippen molar-refractivity contribution in [1.82, 2.24) is 5.32 Å². The van der Waals surface area contributed by atoms with Crippen LogP contribution in [0.5, 0.6) is 0 Å². The largest absolute Gasteiger partial charge is 0.442 e. The van der Waals surface area contributed by atoms with Gasteiger partial charge in [-0.15, -0.1) is 0 Å². The third-order valence-electron chi connectivity index (χ3n) is 3.19. The molecule has 0 fully saturated rings. The van der Waals surface area contributed by atoms with E-state index >= 15 is 0 Å². The smallest absolute Gasteiger partial charge is 0.408 e. The maximum absolute atomic E-state index is 11.9. The first-order valence-electron chi connectivity index (χ1n) is 6.74. The number of nitrogens with one attached hydrogen (secondary N) is 1. The van der Waals surface area contributed by atoms with Gasteiger partial charge in [0, 0.05) is 0 Å². The van der Waals surface area contributed by atoms with Gasteiger partial charge in [-0.25, -0.2) is 4.79 Å². The molecule has 0 saturated heterocycles. The Morgan fingerprint density at radius 3 is 1.95 bits per heavy atom. The van der Waals surface area contributed by atoms with Crippen LogP contribution in [0.25, 0.3) is 0 Å². The number of carbonyl (C=O) groups excluding carboxylic acids is 1. The Hall–Kier alpha value is -2.29. The zero-order valence-electron chi connectivity index (χ0n) is 11.7. The molecule has 2 aromatic carbocycles. The van der Waals surface area contributed by atoms with Crippen molar-refractivity contribution >= 4 is 6.09 Å². The van der Waals surface area contributed by atoms with Crippen molar-refractivity contribution in [2.45, 2.75) is 26.0 Å². The van der Waals surface area contributed by atoms with Crippen molar-refractivity contribution < 1.29 is 9.53 Å². The molecule has 3 heteroatoms. The van der Waals surface area contributed by atoms with Crippen LogP contribution < -0.4 is 5.32 Å². The van der Waals surface area contributed by atoms with Gasteiger partial charge in [-0.1, -0.05) is 60.7 Å². The normalized spacial score (nSPS) is 13.3. The molecule has 0 saturated carbocycles. The molecule has 0 aromatic heterocycles. The Morgan fingerprint density at radius 2 is 1.40 bits per heavy atom. The highest BCUT2D eigenvalue weighted by atomic mass is 16.6. The second-order valence-electron chi connectivity index (χ2n) is 4.73. The molecule has 104 valence electrons. The van der Waals surface area contributed by atoms with Crippen molar-refractivity contribution in [1.29, 1.82) is 0 Å². The van der Waals surface area contributed by atoms with Crippen molar-refractivity contribution in [3.8, 4) is 0 Å². The standard InChI is InChI=1S/C17H19NO2/c1-13(15-9-5-3-6-10-15)18-17(19)20-14(2)16-11-7-4-8-12-16/h3-14H,1-2H3,(H,18,19). The minimum Gasteiger partial charge on any atom is -0.442 e. The lowest BCUT2D eigenvalue weighted by atomic mass is 10.1. The van der Waals surface area contributed by atoms with Crippen LogP contribution in [0.15, 0.2) is 60.7 Å². The summed E-state index contributed by atoms with van der Waals surface area (Å²) in [5.41, 5.74) is 2.03. The number of alkyl carbamates (subject to hydrolysis) is 1. The third-order valence-corrected chi connectivity index (χ3v) is 3.19. The predicted octanol–water partition coefficient (Wildman–Crippen LogP) is 4.24. The first kappa shape index (κ1) is 14.1. The van der Waals surface area contributed by atoms with Gasteiger partial charge in [-0.05, 0) is 25.0 Å². The average molecular weight is 269 g/mol. The number of carbonyl (C=O) groups is 1. The number of benzene rings is 2. The van der Waals surface area contributed by atoms with E-state index < -0.39 is 6.09 Å². The van der Waals surface area contributed by atoms with Crippen molar-refractivity contribution in [2.24, 2.45) is 0 Å². The average Bonchev–Trinajstić information content (AvgIpc) is 2.49. The fraction of sp³-hybridized carbons (Fsp3) is 0.235. The molecule has 1 amide bonds. The quantitative estimate of drug-likeness (QED) is 0.901. The van der Waals surface area contributed by atoms with E-state index in [0.29, 0.717) is 0 Å². The van der Waals surface area contributed by atoms with Gasteiger partial charge in [-0.3, -0.25) is 0 Å². The highest BCUT2D eigenvalue weighted by Gasteiger charge is 2.14. The fourth-order valence-corrected chi connectivity index (χ4v) is 1.99. The molecule has 20 heavy (non-hydrogen) atoms. The van der Waals surface area contributed by atoms with Crippen LogP contribution in [0.1, 0.15) is 37.1 Å². The topological polar surface area (TPSA) is 38.3 Å². The van der Waals surface area contributed by atoms with Crippen molar-refractivity contribution in [2.75, 3.05) is 0 Å². The van der Waals surface area contributed by atoms with E-state index in [2.05, 4.69) is 5.32 Å². The Morgan fingerprint density at radius 1 is 0.900 bits per heavy atom. The molecular weight excluding hydrogens is 250 g/mol. The van der Waals surface area contributed by atoms with E-state index in [-0.39, 0.29) is 12.1 Å². The third kappa shape index (κ3) is 3.85. The molecule has 2 rings (SSSR count). The van der Waals surface area contributed by atoms with Crippen molar-refractivity contribution in [3.05, 3.63) is 71.8 Å². The van der Waals surface area contributed by atoms with E-state index in [0.717, 1.165) is 11.1 Å². The van der Waals surface area contributed by atoms with Gasteiger partial charge in [0.15, 0.2) is 0 Å². The predicted molar refractivity (Wildman–Crippen MR) is 79.3 cm³/mol.